The number of aryl methyl sites for hydroxylation is 2. The molecule has 1 aromatic rings. The highest BCUT2D eigenvalue weighted by molar-refractivity contribution is 6.74. The summed E-state index contributed by atoms with van der Waals surface area (Å²) in [5.41, 5.74) is 2.90. The normalized spacial score (nSPS) is 12.2. The van der Waals surface area contributed by atoms with Gasteiger partial charge in [0.2, 0.25) is 0 Å². The lowest BCUT2D eigenvalue weighted by Gasteiger charge is -2.38. The minimum absolute atomic E-state index is 0.140. The van der Waals surface area contributed by atoms with Crippen molar-refractivity contribution in [3.63, 3.8) is 0 Å². The summed E-state index contributed by atoms with van der Waals surface area (Å²) in [4.78, 5) is 12.0. The van der Waals surface area contributed by atoms with Gasteiger partial charge in [-0.3, -0.25) is 0 Å². The van der Waals surface area contributed by atoms with E-state index in [-0.39, 0.29) is 11.0 Å². The number of benzene rings is 1. The molecule has 0 spiro atoms. The second kappa shape index (κ2) is 8.19. The Bertz CT molecular complexity index is 544. The number of esters is 1. The van der Waals surface area contributed by atoms with E-state index in [0.29, 0.717) is 5.56 Å². The van der Waals surface area contributed by atoms with E-state index in [1.165, 1.54) is 7.11 Å². The molecule has 0 heterocycles. The quantitative estimate of drug-likeness (QED) is 0.463. The van der Waals surface area contributed by atoms with Crippen LogP contribution in [0.4, 0.5) is 0 Å². The molecule has 1 rings (SSSR count). The molecule has 0 aliphatic rings. The molecule has 0 aromatic heterocycles. The van der Waals surface area contributed by atoms with E-state index in [0.717, 1.165) is 42.6 Å². The van der Waals surface area contributed by atoms with Crippen LogP contribution in [0.5, 0.6) is 5.75 Å². The first-order valence-electron chi connectivity index (χ1n) is 9.00. The Morgan fingerprint density at radius 2 is 1.50 bits per heavy atom. The number of carbonyl (C=O) groups excluding carboxylic acids is 1. The Morgan fingerprint density at radius 1 is 1.04 bits per heavy atom. The van der Waals surface area contributed by atoms with Crippen molar-refractivity contribution in [1.82, 2.24) is 0 Å². The van der Waals surface area contributed by atoms with Crippen LogP contribution in [0.2, 0.25) is 18.1 Å². The molecule has 24 heavy (non-hydrogen) atoms. The summed E-state index contributed by atoms with van der Waals surface area (Å²) >= 11 is 0. The van der Waals surface area contributed by atoms with Crippen LogP contribution < -0.4 is 4.43 Å². The zero-order chi connectivity index (χ0) is 18.5. The van der Waals surface area contributed by atoms with Crippen molar-refractivity contribution in [2.45, 2.75) is 78.4 Å². The van der Waals surface area contributed by atoms with E-state index in [1.54, 1.807) is 0 Å². The van der Waals surface area contributed by atoms with Gasteiger partial charge >= 0.3 is 5.97 Å². The van der Waals surface area contributed by atoms with Gasteiger partial charge in [-0.2, -0.15) is 0 Å². The van der Waals surface area contributed by atoms with E-state index < -0.39 is 8.32 Å². The van der Waals surface area contributed by atoms with Crippen LogP contribution >= 0.6 is 0 Å². The molecular formula is C20H34O3Si. The zero-order valence-electron chi connectivity index (χ0n) is 16.7. The number of methoxy groups -OCH3 is 1. The highest BCUT2D eigenvalue weighted by Gasteiger charge is 2.39. The van der Waals surface area contributed by atoms with Crippen molar-refractivity contribution in [2.75, 3.05) is 7.11 Å². The Balaban J connectivity index is 3.46. The lowest BCUT2D eigenvalue weighted by molar-refractivity contribution is 0.0600. The maximum atomic E-state index is 12.0. The van der Waals surface area contributed by atoms with E-state index >= 15 is 0 Å². The highest BCUT2D eigenvalue weighted by atomic mass is 28.4. The summed E-state index contributed by atoms with van der Waals surface area (Å²) in [7, 11) is -0.504. The maximum Gasteiger partial charge on any atom is 0.337 e. The molecular weight excluding hydrogens is 316 g/mol. The molecule has 0 bridgehead atoms. The van der Waals surface area contributed by atoms with Gasteiger partial charge < -0.3 is 9.16 Å². The first-order valence-corrected chi connectivity index (χ1v) is 11.9. The van der Waals surface area contributed by atoms with Crippen molar-refractivity contribution in [1.29, 1.82) is 0 Å². The summed E-state index contributed by atoms with van der Waals surface area (Å²) in [5, 5.41) is 0.140. The number of hydrogen-bond acceptors (Lipinski definition) is 3. The van der Waals surface area contributed by atoms with Crippen LogP contribution in [0.1, 0.15) is 68.9 Å². The molecule has 0 unspecified atom stereocenters. The van der Waals surface area contributed by atoms with Crippen LogP contribution in [0.25, 0.3) is 0 Å². The van der Waals surface area contributed by atoms with Crippen LogP contribution in [0.15, 0.2) is 12.1 Å². The van der Waals surface area contributed by atoms with E-state index in [9.17, 15) is 4.79 Å². The zero-order valence-corrected chi connectivity index (χ0v) is 17.7. The molecule has 1 aromatic carbocycles. The fourth-order valence-corrected chi connectivity index (χ4v) is 3.52. The minimum atomic E-state index is -1.94. The van der Waals surface area contributed by atoms with Crippen molar-refractivity contribution in [3.8, 4) is 5.75 Å². The van der Waals surface area contributed by atoms with E-state index in [4.69, 9.17) is 9.16 Å². The topological polar surface area (TPSA) is 35.5 Å². The minimum Gasteiger partial charge on any atom is -0.543 e. The second-order valence-electron chi connectivity index (χ2n) is 7.98. The summed E-state index contributed by atoms with van der Waals surface area (Å²) in [6.07, 6.45) is 3.85. The average Bonchev–Trinajstić information content (AvgIpc) is 2.48. The number of carbonyl (C=O) groups is 1. The number of hydrogen-bond donors (Lipinski definition) is 0. The molecule has 0 aliphatic carbocycles. The first kappa shape index (κ1) is 20.8. The lowest BCUT2D eigenvalue weighted by Crippen LogP contribution is -2.44. The Hall–Kier alpha value is -1.29. The third kappa shape index (κ3) is 4.85. The van der Waals surface area contributed by atoms with Crippen LogP contribution in [-0.2, 0) is 17.6 Å². The van der Waals surface area contributed by atoms with E-state index in [1.807, 2.05) is 12.1 Å². The number of rotatable bonds is 7. The van der Waals surface area contributed by atoms with Crippen molar-refractivity contribution in [2.24, 2.45) is 0 Å². The van der Waals surface area contributed by atoms with Gasteiger partial charge in [-0.1, -0.05) is 47.5 Å². The fraction of sp³-hybridized carbons (Fsp3) is 0.650. The van der Waals surface area contributed by atoms with Gasteiger partial charge in [-0.25, -0.2) is 4.79 Å². The third-order valence-corrected chi connectivity index (χ3v) is 9.19. The molecule has 0 N–H and O–H groups in total. The standard InChI is InChI=1S/C20H34O3Si/c1-9-11-15-13-17(19(21)22-6)14-16(12-10-2)18(15)23-24(7,8)20(3,4)5/h13-14H,9-12H2,1-8H3. The molecule has 0 radical (unpaired) electrons. The second-order valence-corrected chi connectivity index (χ2v) is 12.7. The van der Waals surface area contributed by atoms with Gasteiger partial charge in [-0.05, 0) is 54.2 Å². The van der Waals surface area contributed by atoms with Crippen LogP contribution in [-0.4, -0.2) is 21.4 Å². The average molecular weight is 351 g/mol. The van der Waals surface area contributed by atoms with Crippen LogP contribution in [0, 0.1) is 0 Å². The summed E-state index contributed by atoms with van der Waals surface area (Å²) in [6, 6.07) is 3.91. The summed E-state index contributed by atoms with van der Waals surface area (Å²) in [5.74, 6) is 0.738. The van der Waals surface area contributed by atoms with Gasteiger partial charge in [0.25, 0.3) is 8.32 Å². The molecule has 0 saturated carbocycles. The van der Waals surface area contributed by atoms with Crippen molar-refractivity contribution >= 4 is 14.3 Å². The third-order valence-electron chi connectivity index (χ3n) is 4.87. The van der Waals surface area contributed by atoms with Crippen LogP contribution in [0.3, 0.4) is 0 Å². The van der Waals surface area contributed by atoms with Gasteiger partial charge in [0, 0.05) is 0 Å². The van der Waals surface area contributed by atoms with Crippen molar-refractivity contribution in [3.05, 3.63) is 28.8 Å². The first-order chi connectivity index (χ1) is 11.1. The Morgan fingerprint density at radius 3 is 1.83 bits per heavy atom. The SMILES string of the molecule is CCCc1cc(C(=O)OC)cc(CCC)c1O[Si](C)(C)C(C)(C)C. The smallest absolute Gasteiger partial charge is 0.337 e. The monoisotopic (exact) mass is 350 g/mol. The molecule has 4 heteroatoms. The Labute approximate surface area is 148 Å². The molecule has 136 valence electrons. The maximum absolute atomic E-state index is 12.0. The highest BCUT2D eigenvalue weighted by Crippen LogP contribution is 2.40. The summed E-state index contributed by atoms with van der Waals surface area (Å²) < 4.78 is 11.6. The predicted molar refractivity (Wildman–Crippen MR) is 104 cm³/mol. The predicted octanol–water partition coefficient (Wildman–Crippen LogP) is 5.76. The van der Waals surface area contributed by atoms with Crippen molar-refractivity contribution < 1.29 is 14.0 Å². The fourth-order valence-electron chi connectivity index (χ4n) is 2.44. The van der Waals surface area contributed by atoms with Gasteiger partial charge in [0.1, 0.15) is 5.75 Å². The van der Waals surface area contributed by atoms with Gasteiger partial charge in [0.05, 0.1) is 12.7 Å². The number of ether oxygens (including phenoxy) is 1. The van der Waals surface area contributed by atoms with Gasteiger partial charge in [-0.15, -0.1) is 0 Å². The van der Waals surface area contributed by atoms with Gasteiger partial charge in [0.15, 0.2) is 0 Å². The van der Waals surface area contributed by atoms with E-state index in [2.05, 4.69) is 47.7 Å². The lowest BCUT2D eigenvalue weighted by atomic mass is 9.98. The molecule has 3 nitrogen and oxygen atoms in total. The largest absolute Gasteiger partial charge is 0.543 e. The molecule has 0 aliphatic heterocycles. The summed E-state index contributed by atoms with van der Waals surface area (Å²) in [6.45, 7) is 15.6. The molecule has 0 fully saturated rings. The molecule has 0 amide bonds. The molecule has 0 atom stereocenters. The Kier molecular flexibility index (Phi) is 7.08. The molecule has 0 saturated heterocycles.